The maximum absolute atomic E-state index is 13.1. The second-order valence-corrected chi connectivity index (χ2v) is 11.1. The fourth-order valence-corrected chi connectivity index (χ4v) is 6.71. The second kappa shape index (κ2) is 12.1. The van der Waals surface area contributed by atoms with E-state index in [1.54, 1.807) is 13.8 Å². The van der Waals surface area contributed by atoms with Crippen molar-refractivity contribution in [1.82, 2.24) is 35.8 Å². The maximum Gasteiger partial charge on any atom is 0.352 e. The highest BCUT2D eigenvalue weighted by Gasteiger charge is 2.55. The van der Waals surface area contributed by atoms with Crippen LogP contribution in [0, 0.1) is 0 Å². The van der Waals surface area contributed by atoms with Crippen LogP contribution in [-0.4, -0.2) is 99.9 Å². The van der Waals surface area contributed by atoms with Crippen LogP contribution in [0.1, 0.15) is 19.5 Å². The van der Waals surface area contributed by atoms with Crippen molar-refractivity contribution in [1.29, 1.82) is 0 Å². The minimum absolute atomic E-state index is 0.117. The summed E-state index contributed by atoms with van der Waals surface area (Å²) in [6.45, 7) is 3.63. The van der Waals surface area contributed by atoms with Gasteiger partial charge in [0.2, 0.25) is 11.1 Å². The van der Waals surface area contributed by atoms with Crippen molar-refractivity contribution in [3.8, 4) is 0 Å². The molecule has 2 aliphatic heterocycles. The monoisotopic (exact) mass is 601 g/mol. The van der Waals surface area contributed by atoms with Crippen molar-refractivity contribution >= 4 is 81.0 Å². The number of anilines is 1. The number of hydrogen-bond donors (Lipinski definition) is 4. The topological polar surface area (TPSA) is 205 Å². The van der Waals surface area contributed by atoms with Gasteiger partial charge in [0.1, 0.15) is 35.3 Å². The van der Waals surface area contributed by atoms with E-state index in [-0.39, 0.29) is 40.0 Å². The molecule has 1 fully saturated rings. The van der Waals surface area contributed by atoms with E-state index in [1.807, 2.05) is 0 Å². The molecule has 4 heterocycles. The average Bonchev–Trinajstić information content (AvgIpc) is 3.58. The number of carboxylic acids is 1. The predicted molar refractivity (Wildman–Crippen MR) is 139 cm³/mol. The van der Waals surface area contributed by atoms with Crippen LogP contribution < -0.4 is 10.6 Å². The number of β-lactam (4-membered cyclic amide) rings is 1. The zero-order chi connectivity index (χ0) is 27.4. The van der Waals surface area contributed by atoms with E-state index in [4.69, 9.17) is 16.4 Å². The fraction of sp³-hybridized carbons (Fsp3) is 0.421. The van der Waals surface area contributed by atoms with E-state index in [0.29, 0.717) is 16.5 Å². The van der Waals surface area contributed by atoms with Gasteiger partial charge in [-0.25, -0.2) is 9.78 Å². The first-order valence-electron chi connectivity index (χ1n) is 10.9. The van der Waals surface area contributed by atoms with Crippen molar-refractivity contribution in [3.63, 3.8) is 0 Å². The minimum Gasteiger partial charge on any atom is -0.477 e. The molecule has 38 heavy (non-hydrogen) atoms. The Morgan fingerprint density at radius 3 is 2.89 bits per heavy atom. The number of aliphatic carboxylic acids is 1. The van der Waals surface area contributed by atoms with Crippen LogP contribution in [-0.2, 0) is 24.0 Å². The number of hydrogen-bond acceptors (Lipinski definition) is 13. The highest BCUT2D eigenvalue weighted by atomic mass is 35.5. The zero-order valence-electron chi connectivity index (χ0n) is 19.7. The third-order valence-corrected chi connectivity index (χ3v) is 8.52. The first-order chi connectivity index (χ1) is 18.2. The van der Waals surface area contributed by atoms with E-state index in [1.165, 1.54) is 33.8 Å². The van der Waals surface area contributed by atoms with Gasteiger partial charge < -0.3 is 20.6 Å². The molecular weight excluding hydrogens is 582 g/mol. The number of nitrogens with zero attached hydrogens (tertiary/aromatic N) is 6. The van der Waals surface area contributed by atoms with Gasteiger partial charge >= 0.3 is 5.97 Å². The summed E-state index contributed by atoms with van der Waals surface area (Å²) in [4.78, 5) is 60.3. The number of carboxylic acid groups (broad SMARTS) is 1. The highest BCUT2D eigenvalue weighted by Crippen LogP contribution is 2.43. The number of thioether (sulfide) groups is 2. The van der Waals surface area contributed by atoms with Gasteiger partial charge in [-0.05, 0) is 24.6 Å². The number of rotatable bonds is 11. The molecule has 15 nitrogen and oxygen atoms in total. The maximum atomic E-state index is 13.1. The van der Waals surface area contributed by atoms with Crippen LogP contribution >= 0.6 is 46.5 Å². The Morgan fingerprint density at radius 2 is 2.24 bits per heavy atom. The number of fused-ring (bicyclic) bond motifs is 1. The SMILES string of the molecule is CCON=C(C(=O)N[C@@H]1C(=O)N2C(C(=O)O)=C(C(C)Sc3nn[nH]n3)CS[C@H]12)c1csc(NC(=O)CCl)n1. The molecule has 0 spiro atoms. The molecule has 202 valence electrons. The molecule has 2 aromatic rings. The Hall–Kier alpha value is -3.22. The Bertz CT molecular complexity index is 1300. The average molecular weight is 602 g/mol. The quantitative estimate of drug-likeness (QED) is 0.0913. The summed E-state index contributed by atoms with van der Waals surface area (Å²) in [5.41, 5.74) is 0.308. The number of H-pyrrole nitrogens is 1. The summed E-state index contributed by atoms with van der Waals surface area (Å²) in [5, 5.41) is 33.5. The standard InChI is InChI=1S/C19H20ClN9O6S3/c1-3-35-26-11(9-6-37-18(21-9)22-10(30)4-20)14(31)23-12-15(32)29-13(17(33)34)8(5-36-16(12)29)7(2)38-19-24-27-28-25-19/h6-7,12,16H,3-5H2,1-2H3,(H,23,31)(H,33,34)(H,21,22,30)(H,24,25,27,28)/t7?,12-,16-/m1/s1. The smallest absolute Gasteiger partial charge is 0.352 e. The summed E-state index contributed by atoms with van der Waals surface area (Å²) < 4.78 is 0. The molecular formula is C19H20ClN9O6S3. The van der Waals surface area contributed by atoms with Crippen molar-refractivity contribution in [2.75, 3.05) is 23.6 Å². The van der Waals surface area contributed by atoms with Crippen LogP contribution in [0.5, 0.6) is 0 Å². The molecule has 2 aromatic heterocycles. The lowest BCUT2D eigenvalue weighted by Gasteiger charge is -2.49. The number of alkyl halides is 1. The van der Waals surface area contributed by atoms with Crippen LogP contribution in [0.15, 0.2) is 27.0 Å². The zero-order valence-corrected chi connectivity index (χ0v) is 22.9. The normalized spacial score (nSPS) is 19.9. The van der Waals surface area contributed by atoms with E-state index in [0.717, 1.165) is 11.3 Å². The Kier molecular flexibility index (Phi) is 8.85. The lowest BCUT2D eigenvalue weighted by molar-refractivity contribution is -0.150. The number of nitrogens with one attached hydrogen (secondary N) is 3. The van der Waals surface area contributed by atoms with Gasteiger partial charge in [-0.15, -0.1) is 44.9 Å². The Morgan fingerprint density at radius 1 is 1.45 bits per heavy atom. The van der Waals surface area contributed by atoms with E-state index < -0.39 is 35.1 Å². The van der Waals surface area contributed by atoms with Crippen molar-refractivity contribution in [2.45, 2.75) is 35.7 Å². The highest BCUT2D eigenvalue weighted by molar-refractivity contribution is 8.01. The molecule has 2 aliphatic rings. The van der Waals surface area contributed by atoms with Gasteiger partial charge in [0.15, 0.2) is 10.8 Å². The summed E-state index contributed by atoms with van der Waals surface area (Å²) in [6.07, 6.45) is 0. The summed E-state index contributed by atoms with van der Waals surface area (Å²) in [7, 11) is 0. The molecule has 3 atom stereocenters. The minimum atomic E-state index is -1.25. The van der Waals surface area contributed by atoms with Crippen molar-refractivity contribution < 1.29 is 29.1 Å². The summed E-state index contributed by atoms with van der Waals surface area (Å²) in [5.74, 6) is -3.00. The molecule has 0 saturated carbocycles. The number of aromatic nitrogens is 5. The molecule has 0 radical (unpaired) electrons. The van der Waals surface area contributed by atoms with Gasteiger partial charge in [0, 0.05) is 16.4 Å². The van der Waals surface area contributed by atoms with Gasteiger partial charge in [-0.1, -0.05) is 16.9 Å². The number of halogens is 1. The molecule has 0 aromatic carbocycles. The van der Waals surface area contributed by atoms with Crippen LogP contribution in [0.25, 0.3) is 0 Å². The first kappa shape index (κ1) is 27.8. The first-order valence-corrected chi connectivity index (χ1v) is 14.2. The largest absolute Gasteiger partial charge is 0.477 e. The number of carbonyl (C=O) groups is 4. The lowest BCUT2D eigenvalue weighted by atomic mass is 10.0. The number of thiazole rings is 1. The molecule has 4 N–H and O–H groups in total. The predicted octanol–water partition coefficient (Wildman–Crippen LogP) is 0.494. The van der Waals surface area contributed by atoms with E-state index in [2.05, 4.69) is 41.4 Å². The molecule has 0 bridgehead atoms. The van der Waals surface area contributed by atoms with E-state index in [9.17, 15) is 24.3 Å². The molecule has 0 aliphatic carbocycles. The number of tetrazole rings is 1. The Labute approximate surface area is 232 Å². The number of oxime groups is 1. The molecule has 3 amide bonds. The van der Waals surface area contributed by atoms with Gasteiger partial charge in [0.25, 0.3) is 11.8 Å². The molecule has 1 saturated heterocycles. The number of carbonyl (C=O) groups excluding carboxylic acids is 3. The summed E-state index contributed by atoms with van der Waals surface area (Å²) >= 11 is 9.08. The number of amides is 3. The van der Waals surface area contributed by atoms with E-state index >= 15 is 0 Å². The van der Waals surface area contributed by atoms with Crippen molar-refractivity contribution in [2.24, 2.45) is 5.16 Å². The van der Waals surface area contributed by atoms with Crippen molar-refractivity contribution in [3.05, 3.63) is 22.3 Å². The van der Waals surface area contributed by atoms with Crippen LogP contribution in [0.3, 0.4) is 0 Å². The number of aromatic amines is 1. The second-order valence-electron chi connectivity index (χ2n) is 7.57. The van der Waals surface area contributed by atoms with Crippen LogP contribution in [0.4, 0.5) is 5.13 Å². The molecule has 1 unspecified atom stereocenters. The summed E-state index contributed by atoms with van der Waals surface area (Å²) in [6, 6.07) is -0.996. The Balaban J connectivity index is 1.50. The molecule has 19 heteroatoms. The third kappa shape index (κ3) is 5.77. The molecule has 4 rings (SSSR count). The third-order valence-electron chi connectivity index (χ3n) is 5.20. The lowest BCUT2D eigenvalue weighted by Crippen LogP contribution is -2.71. The van der Waals surface area contributed by atoms with Gasteiger partial charge in [0.05, 0.1) is 0 Å². The van der Waals surface area contributed by atoms with Gasteiger partial charge in [-0.2, -0.15) is 5.21 Å². The fourth-order valence-electron chi connectivity index (χ4n) is 3.52. The van der Waals surface area contributed by atoms with Gasteiger partial charge in [-0.3, -0.25) is 19.3 Å². The van der Waals surface area contributed by atoms with Crippen LogP contribution in [0.2, 0.25) is 0 Å².